The number of esters is 1. The summed E-state index contributed by atoms with van der Waals surface area (Å²) < 4.78 is 4.92. The van der Waals surface area contributed by atoms with Crippen molar-refractivity contribution < 1.29 is 73.6 Å². The maximum atomic E-state index is 13.9. The summed E-state index contributed by atoms with van der Waals surface area (Å²) in [5.41, 5.74) is 5.31. The van der Waals surface area contributed by atoms with Crippen LogP contribution in [0.25, 0.3) is 0 Å². The number of anilines is 2. The van der Waals surface area contributed by atoms with Gasteiger partial charge in [-0.3, -0.25) is 24.2 Å². The van der Waals surface area contributed by atoms with E-state index in [-0.39, 0.29) is 76.5 Å². The molecule has 2 unspecified atom stereocenters. The first-order valence-corrected chi connectivity index (χ1v) is 15.5. The van der Waals surface area contributed by atoms with E-state index in [0.717, 1.165) is 66.8 Å². The van der Waals surface area contributed by atoms with Crippen molar-refractivity contribution in [1.29, 1.82) is 0 Å². The predicted octanol–water partition coefficient (Wildman–Crippen LogP) is -2.77. The van der Waals surface area contributed by atoms with E-state index in [1.54, 1.807) is 0 Å². The van der Waals surface area contributed by atoms with Gasteiger partial charge in [0.15, 0.2) is 0 Å². The number of urea groups is 1. The van der Waals surface area contributed by atoms with Crippen molar-refractivity contribution in [2.24, 2.45) is 5.73 Å². The zero-order chi connectivity index (χ0) is 33.1. The Morgan fingerprint density at radius 3 is 2.45 bits per heavy atom. The Morgan fingerprint density at radius 1 is 1.17 bits per heavy atom. The SMILES string of the molecule is CC(=O)OCC1=C(C(=O)[O-])N2C(=O)C(NC(=O)C(c3ccc(O)cc3)N(C(N)=O)c3cnc(NC4CCCCC4)nc3O)[C@H]2SC1.[Na+]. The van der Waals surface area contributed by atoms with E-state index in [1.807, 2.05) is 0 Å². The van der Waals surface area contributed by atoms with Crippen molar-refractivity contribution in [2.75, 3.05) is 22.6 Å². The Kier molecular flexibility index (Phi) is 11.6. The first-order chi connectivity index (χ1) is 22.0. The molecule has 1 saturated heterocycles. The Balaban J connectivity index is 0.00000500. The zero-order valence-electron chi connectivity index (χ0n) is 25.7. The van der Waals surface area contributed by atoms with Crippen LogP contribution in [-0.2, 0) is 23.9 Å². The Morgan fingerprint density at radius 2 is 1.85 bits per heavy atom. The summed E-state index contributed by atoms with van der Waals surface area (Å²) in [5.74, 6) is -4.54. The number of phenols is 1. The van der Waals surface area contributed by atoms with Gasteiger partial charge in [-0.2, -0.15) is 4.98 Å². The molecule has 2 fully saturated rings. The van der Waals surface area contributed by atoms with Crippen LogP contribution in [0, 0.1) is 0 Å². The van der Waals surface area contributed by atoms with Gasteiger partial charge < -0.3 is 41.2 Å². The summed E-state index contributed by atoms with van der Waals surface area (Å²) in [6.45, 7) is 0.809. The number of rotatable bonds is 10. The average Bonchev–Trinajstić information content (AvgIpc) is 3.02. The molecular weight excluding hydrogens is 645 g/mol. The number of fused-ring (bicyclic) bond motifs is 1. The fourth-order valence-electron chi connectivity index (χ4n) is 5.70. The molecule has 4 amide bonds. The summed E-state index contributed by atoms with van der Waals surface area (Å²) in [5, 5.41) is 37.6. The Hall–Kier alpha value is -4.06. The number of nitrogens with one attached hydrogen (secondary N) is 2. The fourth-order valence-corrected chi connectivity index (χ4v) is 7.03. The van der Waals surface area contributed by atoms with Crippen molar-refractivity contribution in [3.63, 3.8) is 0 Å². The number of carbonyl (C=O) groups is 5. The van der Waals surface area contributed by atoms with Crippen molar-refractivity contribution in [1.82, 2.24) is 20.2 Å². The van der Waals surface area contributed by atoms with Crippen LogP contribution in [0.15, 0.2) is 41.7 Å². The van der Waals surface area contributed by atoms with Crippen LogP contribution in [0.3, 0.4) is 0 Å². The number of hydrogen-bond donors (Lipinski definition) is 5. The summed E-state index contributed by atoms with van der Waals surface area (Å²) in [6.07, 6.45) is 6.18. The number of amides is 4. The molecule has 1 saturated carbocycles. The third kappa shape index (κ3) is 7.75. The quantitative estimate of drug-likeness (QED) is 0.0973. The number of primary amides is 1. The number of aromatic nitrogens is 2. The van der Waals surface area contributed by atoms with Gasteiger partial charge >= 0.3 is 41.6 Å². The number of nitrogens with two attached hydrogens (primary N) is 1. The van der Waals surface area contributed by atoms with Gasteiger partial charge in [0, 0.05) is 24.3 Å². The van der Waals surface area contributed by atoms with Crippen LogP contribution in [0.4, 0.5) is 16.4 Å². The third-order valence-corrected chi connectivity index (χ3v) is 9.23. The molecule has 1 aromatic heterocycles. The normalized spacial score (nSPS) is 19.8. The van der Waals surface area contributed by atoms with Gasteiger partial charge in [-0.25, -0.2) is 9.78 Å². The summed E-state index contributed by atoms with van der Waals surface area (Å²) in [4.78, 5) is 73.3. The van der Waals surface area contributed by atoms with Crippen LogP contribution >= 0.6 is 11.8 Å². The van der Waals surface area contributed by atoms with Crippen molar-refractivity contribution in [3.05, 3.63) is 47.3 Å². The number of aromatic hydroxyl groups is 2. The molecule has 3 aliphatic rings. The summed E-state index contributed by atoms with van der Waals surface area (Å²) in [7, 11) is 0. The van der Waals surface area contributed by atoms with Gasteiger partial charge in [-0.15, -0.1) is 11.8 Å². The van der Waals surface area contributed by atoms with E-state index in [4.69, 9.17) is 10.5 Å². The van der Waals surface area contributed by atoms with E-state index in [0.29, 0.717) is 0 Å². The van der Waals surface area contributed by atoms with E-state index in [1.165, 1.54) is 24.3 Å². The number of phenolic OH excluding ortho intramolecular Hbond substituents is 1. The minimum absolute atomic E-state index is 0. The van der Waals surface area contributed by atoms with Crippen molar-refractivity contribution in [2.45, 2.75) is 62.5 Å². The molecule has 1 aliphatic carbocycles. The summed E-state index contributed by atoms with van der Waals surface area (Å²) in [6, 6.07) is 1.41. The molecule has 0 bridgehead atoms. The monoisotopic (exact) mass is 677 g/mol. The van der Waals surface area contributed by atoms with E-state index < -0.39 is 58.8 Å². The molecule has 244 valence electrons. The number of carboxylic acids is 1. The number of benzene rings is 1. The topological polar surface area (TPSA) is 240 Å². The Bertz CT molecular complexity index is 1590. The number of carboxylic acid groups (broad SMARTS) is 1. The van der Waals surface area contributed by atoms with Gasteiger partial charge in [0.1, 0.15) is 35.5 Å². The number of carbonyl (C=O) groups excluding carboxylic acids is 5. The van der Waals surface area contributed by atoms with Gasteiger partial charge in [0.25, 0.3) is 5.91 Å². The molecule has 5 rings (SSSR count). The van der Waals surface area contributed by atoms with Crippen LogP contribution in [0.2, 0.25) is 0 Å². The van der Waals surface area contributed by atoms with E-state index in [9.17, 15) is 39.3 Å². The first kappa shape index (κ1) is 35.8. The number of aliphatic carboxylic acids is 1. The van der Waals surface area contributed by atoms with Crippen molar-refractivity contribution >= 4 is 53.2 Å². The van der Waals surface area contributed by atoms with Crippen LogP contribution in [0.5, 0.6) is 11.6 Å². The molecule has 3 heterocycles. The summed E-state index contributed by atoms with van der Waals surface area (Å²) >= 11 is 1.13. The maximum absolute atomic E-state index is 13.9. The average molecular weight is 678 g/mol. The molecule has 0 spiro atoms. The van der Waals surface area contributed by atoms with Gasteiger partial charge in [0.05, 0.1) is 17.9 Å². The first-order valence-electron chi connectivity index (χ1n) is 14.5. The molecular formula is C29H32N7NaO9S. The van der Waals surface area contributed by atoms with Crippen LogP contribution in [-0.4, -0.2) is 84.7 Å². The van der Waals surface area contributed by atoms with E-state index in [2.05, 4.69) is 20.6 Å². The largest absolute Gasteiger partial charge is 1.00 e. The molecule has 1 aromatic carbocycles. The number of β-lactam (4-membered cyclic amide) rings is 1. The second-order valence-corrected chi connectivity index (χ2v) is 12.1. The smallest absolute Gasteiger partial charge is 0.543 e. The molecule has 2 aromatic rings. The van der Waals surface area contributed by atoms with Crippen LogP contribution in [0.1, 0.15) is 50.6 Å². The minimum atomic E-state index is -1.65. The molecule has 3 atom stereocenters. The Labute approximate surface area is 295 Å². The molecule has 16 nitrogen and oxygen atoms in total. The second-order valence-electron chi connectivity index (χ2n) is 11.0. The van der Waals surface area contributed by atoms with Crippen LogP contribution < -0.4 is 55.9 Å². The maximum Gasteiger partial charge on any atom is 1.00 e. The minimum Gasteiger partial charge on any atom is -0.543 e. The molecule has 6 N–H and O–H groups in total. The van der Waals surface area contributed by atoms with Gasteiger partial charge in [-0.1, -0.05) is 31.4 Å². The number of ether oxygens (including phenoxy) is 1. The van der Waals surface area contributed by atoms with Gasteiger partial charge in [0.2, 0.25) is 17.7 Å². The molecule has 47 heavy (non-hydrogen) atoms. The molecule has 2 aliphatic heterocycles. The number of thioether (sulfide) groups is 1. The zero-order valence-corrected chi connectivity index (χ0v) is 28.5. The fraction of sp³-hybridized carbons (Fsp3) is 0.414. The molecule has 18 heteroatoms. The number of nitrogens with zero attached hydrogens (tertiary/aromatic N) is 4. The van der Waals surface area contributed by atoms with Crippen molar-refractivity contribution in [3.8, 4) is 11.6 Å². The molecule has 0 radical (unpaired) electrons. The third-order valence-electron chi connectivity index (χ3n) is 7.89. The second kappa shape index (κ2) is 15.2. The van der Waals surface area contributed by atoms with E-state index >= 15 is 0 Å². The predicted molar refractivity (Wildman–Crippen MR) is 161 cm³/mol. The van der Waals surface area contributed by atoms with Gasteiger partial charge in [-0.05, 0) is 30.5 Å². The number of hydrogen-bond acceptors (Lipinski definition) is 13. The standard InChI is InChI=1S/C29H33N7O9S.Na/c1-14(37)45-12-16-13-46-26-20(25(41)36(26)22(16)27(42)43)33-24(40)21(15-7-9-18(38)10-8-15)35(28(30)44)19-11-31-29(34-23(19)39)32-17-5-3-2-4-6-17;/h7-11,17,20-21,26,38H,2-6,12-13H2,1H3,(H2,30,44)(H,33,40)(H,42,43)(H2,31,32,34,39);/q;+1/p-1/t20?,21?,26-;/m1./s1.